The van der Waals surface area contributed by atoms with Crippen molar-refractivity contribution in [1.82, 2.24) is 0 Å². The molecule has 102 valence electrons. The molecule has 0 aliphatic rings. The predicted molar refractivity (Wildman–Crippen MR) is 81.8 cm³/mol. The first-order chi connectivity index (χ1) is 9.79. The lowest BCUT2D eigenvalue weighted by Gasteiger charge is -2.05. The summed E-state index contributed by atoms with van der Waals surface area (Å²) < 4.78 is 0. The van der Waals surface area contributed by atoms with E-state index >= 15 is 0 Å². The van der Waals surface area contributed by atoms with Gasteiger partial charge in [0.05, 0.1) is 18.2 Å². The summed E-state index contributed by atoms with van der Waals surface area (Å²) in [7, 11) is 0. The van der Waals surface area contributed by atoms with Gasteiger partial charge < -0.3 is 5.32 Å². The highest BCUT2D eigenvalue weighted by atomic mass is 16.1. The lowest BCUT2D eigenvalue weighted by atomic mass is 10.1. The van der Waals surface area contributed by atoms with Gasteiger partial charge in [-0.3, -0.25) is 4.79 Å². The van der Waals surface area contributed by atoms with Crippen LogP contribution in [0, 0.1) is 11.3 Å². The molecule has 0 bridgehead atoms. The molecule has 2 rings (SSSR count). The van der Waals surface area contributed by atoms with E-state index in [-0.39, 0.29) is 12.3 Å². The van der Waals surface area contributed by atoms with Crippen LogP contribution >= 0.6 is 0 Å². The monoisotopic (exact) mass is 266 g/mol. The van der Waals surface area contributed by atoms with Gasteiger partial charge in [-0.15, -0.1) is 0 Å². The molecule has 0 unspecified atom stereocenters. The minimum Gasteiger partial charge on any atom is -0.378 e. The van der Waals surface area contributed by atoms with E-state index in [1.165, 1.54) is 0 Å². The van der Waals surface area contributed by atoms with Crippen molar-refractivity contribution >= 4 is 11.5 Å². The molecule has 0 saturated heterocycles. The molecule has 0 aliphatic heterocycles. The number of Topliss-reactive ketones (excluding diaryl/α,β-unsaturated/α-hetero) is 1. The van der Waals surface area contributed by atoms with E-state index in [0.29, 0.717) is 11.1 Å². The van der Waals surface area contributed by atoms with E-state index in [1.807, 2.05) is 50.2 Å². The fourth-order valence-corrected chi connectivity index (χ4v) is 1.57. The molecule has 0 fully saturated rings. The third-order valence-corrected chi connectivity index (χ3v) is 2.56. The van der Waals surface area contributed by atoms with Gasteiger partial charge >= 0.3 is 0 Å². The average molecular weight is 266 g/mol. The molecule has 20 heavy (non-hydrogen) atoms. The number of hydrogen-bond donors (Lipinski definition) is 1. The van der Waals surface area contributed by atoms with Gasteiger partial charge in [-0.25, -0.2) is 0 Å². The minimum absolute atomic E-state index is 0.00310. The van der Waals surface area contributed by atoms with Crippen molar-refractivity contribution in [3.05, 3.63) is 65.7 Å². The Labute approximate surface area is 119 Å². The second-order valence-electron chi connectivity index (χ2n) is 3.83. The molecule has 1 N–H and O–H groups in total. The molecule has 0 aromatic heterocycles. The van der Waals surface area contributed by atoms with E-state index in [2.05, 4.69) is 5.32 Å². The van der Waals surface area contributed by atoms with Crippen LogP contribution in [0.2, 0.25) is 0 Å². The average Bonchev–Trinajstić information content (AvgIpc) is 2.55. The maximum absolute atomic E-state index is 11.9. The van der Waals surface area contributed by atoms with E-state index < -0.39 is 0 Å². The molecular formula is C17H18N2O. The number of anilines is 1. The van der Waals surface area contributed by atoms with Crippen molar-refractivity contribution < 1.29 is 4.79 Å². The Morgan fingerprint density at radius 2 is 1.65 bits per heavy atom. The molecular weight excluding hydrogens is 248 g/mol. The highest BCUT2D eigenvalue weighted by Crippen LogP contribution is 2.07. The van der Waals surface area contributed by atoms with E-state index in [0.717, 1.165) is 5.69 Å². The molecule has 3 heteroatoms. The zero-order valence-electron chi connectivity index (χ0n) is 11.8. The maximum atomic E-state index is 11.9. The summed E-state index contributed by atoms with van der Waals surface area (Å²) in [4.78, 5) is 11.9. The predicted octanol–water partition coefficient (Wildman–Crippen LogP) is 3.88. The Bertz CT molecular complexity index is 568. The van der Waals surface area contributed by atoms with Gasteiger partial charge in [0.15, 0.2) is 5.78 Å². The number of nitriles is 1. The largest absolute Gasteiger partial charge is 0.378 e. The van der Waals surface area contributed by atoms with Crippen LogP contribution in [-0.2, 0) is 0 Å². The Kier molecular flexibility index (Phi) is 6.56. The first-order valence-electron chi connectivity index (χ1n) is 6.62. The SMILES string of the molecule is CC.N#Cc1ccc(C(=O)CNc2ccccc2)cc1. The molecule has 0 amide bonds. The molecule has 0 saturated carbocycles. The number of benzene rings is 2. The maximum Gasteiger partial charge on any atom is 0.181 e. The molecule has 0 radical (unpaired) electrons. The van der Waals surface area contributed by atoms with Gasteiger partial charge in [0.25, 0.3) is 0 Å². The second-order valence-corrected chi connectivity index (χ2v) is 3.83. The molecule has 0 atom stereocenters. The Morgan fingerprint density at radius 3 is 2.20 bits per heavy atom. The fourth-order valence-electron chi connectivity index (χ4n) is 1.57. The van der Waals surface area contributed by atoms with Crippen LogP contribution in [0.4, 0.5) is 5.69 Å². The van der Waals surface area contributed by atoms with Gasteiger partial charge in [-0.2, -0.15) is 5.26 Å². The smallest absolute Gasteiger partial charge is 0.181 e. The van der Waals surface area contributed by atoms with Gasteiger partial charge in [0.1, 0.15) is 0 Å². The Hall–Kier alpha value is -2.60. The van der Waals surface area contributed by atoms with E-state index in [9.17, 15) is 4.79 Å². The number of ketones is 1. The summed E-state index contributed by atoms with van der Waals surface area (Å²) >= 11 is 0. The number of nitrogens with one attached hydrogen (secondary N) is 1. The number of rotatable bonds is 4. The third-order valence-electron chi connectivity index (χ3n) is 2.56. The summed E-state index contributed by atoms with van der Waals surface area (Å²) in [5.74, 6) is 0.00310. The Morgan fingerprint density at radius 1 is 1.05 bits per heavy atom. The normalized spacial score (nSPS) is 8.85. The number of para-hydroxylation sites is 1. The van der Waals surface area contributed by atoms with Crippen LogP contribution in [0.5, 0.6) is 0 Å². The van der Waals surface area contributed by atoms with Crippen LogP contribution < -0.4 is 5.32 Å². The zero-order valence-corrected chi connectivity index (χ0v) is 11.8. The molecule has 2 aromatic carbocycles. The van der Waals surface area contributed by atoms with Crippen molar-refractivity contribution in [2.24, 2.45) is 0 Å². The fraction of sp³-hybridized carbons (Fsp3) is 0.176. The van der Waals surface area contributed by atoms with Crippen molar-refractivity contribution in [2.75, 3.05) is 11.9 Å². The van der Waals surface area contributed by atoms with Crippen molar-refractivity contribution in [2.45, 2.75) is 13.8 Å². The van der Waals surface area contributed by atoms with Crippen LogP contribution in [0.3, 0.4) is 0 Å². The lowest BCUT2D eigenvalue weighted by Crippen LogP contribution is -2.13. The summed E-state index contributed by atoms with van der Waals surface area (Å²) in [5, 5.41) is 11.7. The van der Waals surface area contributed by atoms with Gasteiger partial charge in [-0.1, -0.05) is 44.2 Å². The quantitative estimate of drug-likeness (QED) is 0.854. The summed E-state index contributed by atoms with van der Waals surface area (Å²) in [5.41, 5.74) is 2.08. The number of nitrogens with zero attached hydrogens (tertiary/aromatic N) is 1. The molecule has 0 heterocycles. The Balaban J connectivity index is 0.000000956. The number of carbonyl (C=O) groups is 1. The highest BCUT2D eigenvalue weighted by molar-refractivity contribution is 5.99. The molecule has 2 aromatic rings. The number of hydrogen-bond acceptors (Lipinski definition) is 3. The van der Waals surface area contributed by atoms with Crippen molar-refractivity contribution in [1.29, 1.82) is 5.26 Å². The molecule has 0 aliphatic carbocycles. The van der Waals surface area contributed by atoms with Gasteiger partial charge in [0, 0.05) is 11.3 Å². The van der Waals surface area contributed by atoms with Gasteiger partial charge in [0.2, 0.25) is 0 Å². The summed E-state index contributed by atoms with van der Waals surface area (Å²) in [6, 6.07) is 18.2. The van der Waals surface area contributed by atoms with E-state index in [1.54, 1.807) is 24.3 Å². The zero-order chi connectivity index (χ0) is 14.8. The standard InChI is InChI=1S/C15H12N2O.C2H6/c16-10-12-6-8-13(9-7-12)15(18)11-17-14-4-2-1-3-5-14;1-2/h1-9,17H,11H2;1-2H3. The van der Waals surface area contributed by atoms with Crippen LogP contribution in [0.25, 0.3) is 0 Å². The summed E-state index contributed by atoms with van der Waals surface area (Å²) in [6.45, 7) is 4.25. The van der Waals surface area contributed by atoms with Crippen molar-refractivity contribution in [3.63, 3.8) is 0 Å². The first-order valence-corrected chi connectivity index (χ1v) is 6.62. The first kappa shape index (κ1) is 15.5. The lowest BCUT2D eigenvalue weighted by molar-refractivity contribution is 0.101. The second kappa shape index (κ2) is 8.49. The topological polar surface area (TPSA) is 52.9 Å². The van der Waals surface area contributed by atoms with E-state index in [4.69, 9.17) is 5.26 Å². The van der Waals surface area contributed by atoms with Crippen LogP contribution in [0.15, 0.2) is 54.6 Å². The third kappa shape index (κ3) is 4.58. The van der Waals surface area contributed by atoms with Crippen molar-refractivity contribution in [3.8, 4) is 6.07 Å². The van der Waals surface area contributed by atoms with Gasteiger partial charge in [-0.05, 0) is 24.3 Å². The number of carbonyl (C=O) groups excluding carboxylic acids is 1. The molecule has 0 spiro atoms. The van der Waals surface area contributed by atoms with Crippen LogP contribution in [0.1, 0.15) is 29.8 Å². The highest BCUT2D eigenvalue weighted by Gasteiger charge is 2.05. The molecule has 3 nitrogen and oxygen atoms in total. The summed E-state index contributed by atoms with van der Waals surface area (Å²) in [6.07, 6.45) is 0. The minimum atomic E-state index is 0.00310. The van der Waals surface area contributed by atoms with Crippen LogP contribution in [-0.4, -0.2) is 12.3 Å².